The Labute approximate surface area is 223 Å². The summed E-state index contributed by atoms with van der Waals surface area (Å²) in [7, 11) is -1.57. The summed E-state index contributed by atoms with van der Waals surface area (Å²) < 4.78 is 23.4. The van der Waals surface area contributed by atoms with E-state index in [4.69, 9.17) is 20.4 Å². The normalized spacial score (nSPS) is 25.5. The monoisotopic (exact) mass is 545 g/mol. The first kappa shape index (κ1) is 28.3. The Kier molecular flexibility index (Phi) is 8.65. The number of ether oxygens (including phenoxy) is 1. The van der Waals surface area contributed by atoms with Crippen LogP contribution in [-0.2, 0) is 13.8 Å². The molecule has 2 aliphatic rings. The van der Waals surface area contributed by atoms with Crippen molar-refractivity contribution in [3.63, 3.8) is 0 Å². The number of aromatic amines is 1. The molecule has 0 radical (unpaired) electrons. The Bertz CT molecular complexity index is 1260. The number of anilines is 1. The molecule has 38 heavy (non-hydrogen) atoms. The van der Waals surface area contributed by atoms with Crippen molar-refractivity contribution in [3.8, 4) is 0 Å². The minimum atomic E-state index is -1.57. The minimum absolute atomic E-state index is 0.128. The van der Waals surface area contributed by atoms with Crippen molar-refractivity contribution in [2.24, 2.45) is 0 Å². The Morgan fingerprint density at radius 1 is 1.32 bits per heavy atom. The second-order valence-electron chi connectivity index (χ2n) is 10.1. The number of rotatable bonds is 11. The molecule has 13 heteroatoms. The van der Waals surface area contributed by atoms with E-state index in [-0.39, 0.29) is 25.2 Å². The molecule has 2 aromatic rings. The summed E-state index contributed by atoms with van der Waals surface area (Å²) in [6.07, 6.45) is 5.82. The van der Waals surface area contributed by atoms with Crippen molar-refractivity contribution < 1.29 is 13.8 Å². The van der Waals surface area contributed by atoms with Crippen molar-refractivity contribution in [2.45, 2.75) is 84.0 Å². The van der Waals surface area contributed by atoms with Gasteiger partial charge in [-0.15, -0.1) is 0 Å². The fourth-order valence-electron chi connectivity index (χ4n) is 5.29. The van der Waals surface area contributed by atoms with Gasteiger partial charge in [0.1, 0.15) is 30.2 Å². The predicted octanol–water partition coefficient (Wildman–Crippen LogP) is 2.87. The van der Waals surface area contributed by atoms with E-state index in [1.54, 1.807) is 25.5 Å². The highest BCUT2D eigenvalue weighted by Gasteiger charge is 2.65. The van der Waals surface area contributed by atoms with Gasteiger partial charge in [-0.05, 0) is 41.0 Å². The summed E-state index contributed by atoms with van der Waals surface area (Å²) in [4.78, 5) is 41.8. The first-order valence-corrected chi connectivity index (χ1v) is 14.0. The number of H-pyrrole nitrogens is 1. The summed E-state index contributed by atoms with van der Waals surface area (Å²) in [5, 5.41) is 0. The smallest absolute Gasteiger partial charge is 0.330 e. The number of aromatic nitrogens is 4. The lowest BCUT2D eigenvalue weighted by molar-refractivity contribution is -0.104. The Hall–Kier alpha value is -2.68. The van der Waals surface area contributed by atoms with Crippen molar-refractivity contribution >= 4 is 14.3 Å². The highest BCUT2D eigenvalue weighted by Crippen LogP contribution is 2.57. The number of hydrogen-bond donors (Lipinski definition) is 1. The number of fused-ring (bicyclic) bond motifs is 2. The Balaban J connectivity index is 1.80. The molecule has 2 aromatic heterocycles. The van der Waals surface area contributed by atoms with Gasteiger partial charge in [0.2, 0.25) is 6.54 Å². The number of nitrogens with zero attached hydrogens (tertiary/aromatic N) is 6. The minimum Gasteiger partial charge on any atom is -0.344 e. The third kappa shape index (κ3) is 5.26. The number of morpholine rings is 1. The van der Waals surface area contributed by atoms with Crippen LogP contribution in [0.4, 0.5) is 5.82 Å². The molecule has 0 amide bonds. The van der Waals surface area contributed by atoms with Crippen molar-refractivity contribution in [2.75, 3.05) is 24.6 Å². The van der Waals surface area contributed by atoms with E-state index in [1.165, 1.54) is 10.8 Å². The lowest BCUT2D eigenvalue weighted by Gasteiger charge is -2.38. The number of hydrogen-bond acceptors (Lipinski definition) is 9. The second kappa shape index (κ2) is 11.6. The Morgan fingerprint density at radius 2 is 2.05 bits per heavy atom. The van der Waals surface area contributed by atoms with Gasteiger partial charge in [0.05, 0.1) is 12.7 Å². The van der Waals surface area contributed by atoms with Gasteiger partial charge in [-0.2, -0.15) is 0 Å². The van der Waals surface area contributed by atoms with Gasteiger partial charge < -0.3 is 23.5 Å². The van der Waals surface area contributed by atoms with Crippen LogP contribution in [0.3, 0.4) is 0 Å². The van der Waals surface area contributed by atoms with Crippen LogP contribution in [0.5, 0.6) is 0 Å². The highest BCUT2D eigenvalue weighted by atomic mass is 31.2. The van der Waals surface area contributed by atoms with Crippen molar-refractivity contribution in [3.05, 3.63) is 62.6 Å². The fraction of sp³-hybridized carbons (Fsp3) is 0.640. The van der Waals surface area contributed by atoms with Crippen molar-refractivity contribution in [1.29, 1.82) is 0 Å². The average Bonchev–Trinajstić information content (AvgIpc) is 3.36. The van der Waals surface area contributed by atoms with Crippen LogP contribution in [0.2, 0.25) is 0 Å². The molecule has 0 aromatic carbocycles. The third-order valence-corrected chi connectivity index (χ3v) is 9.10. The molecular weight excluding hydrogens is 509 g/mol. The van der Waals surface area contributed by atoms with E-state index >= 15 is 0 Å². The zero-order chi connectivity index (χ0) is 27.6. The quantitative estimate of drug-likeness (QED) is 0.258. The van der Waals surface area contributed by atoms with Crippen LogP contribution in [0, 0.1) is 13.5 Å². The van der Waals surface area contributed by atoms with Crippen LogP contribution >= 0.6 is 8.53 Å². The SMILES string of the molecule is [C-]#[N+]CCOP(O[C@H]1[C@@H]2[C@H](n3cc(C)c(=O)[nH]c3=O)O[C@@]1(CC)CN2c1cnccn1)N(C(C)C)C(C)C. The topological polar surface area (TPSA) is 119 Å². The second-order valence-corrected chi connectivity index (χ2v) is 11.5. The molecular formula is C25H36N7O5P. The largest absolute Gasteiger partial charge is 0.344 e. The van der Waals surface area contributed by atoms with Gasteiger partial charge in [0.25, 0.3) is 14.1 Å². The molecule has 4 heterocycles. The molecule has 0 saturated carbocycles. The maximum atomic E-state index is 13.0. The van der Waals surface area contributed by atoms with Crippen LogP contribution in [0.25, 0.3) is 4.85 Å². The van der Waals surface area contributed by atoms with E-state index in [2.05, 4.69) is 57.1 Å². The summed E-state index contributed by atoms with van der Waals surface area (Å²) in [5.74, 6) is 0.645. The molecule has 4 rings (SSSR count). The van der Waals surface area contributed by atoms with E-state index in [0.717, 1.165) is 0 Å². The Morgan fingerprint density at radius 3 is 2.66 bits per heavy atom. The molecule has 206 valence electrons. The molecule has 0 spiro atoms. The van der Waals surface area contributed by atoms with E-state index in [9.17, 15) is 9.59 Å². The standard InChI is InChI=1S/C25H36N7O5P/c1-8-25-15-31(19-13-27-9-10-28-19)20(23(36-25)30-14-18(6)22(33)29-24(30)34)21(25)37-38(35-12-11-26-7)32(16(2)3)17(4)5/h9-10,13-14,16-17,20-21,23H,8,11-12,15H2,1-6H3,(H,29,33,34)/t20-,21+,23-,25+,38?/m1/s1. The van der Waals surface area contributed by atoms with Gasteiger partial charge in [0, 0.05) is 36.2 Å². The zero-order valence-corrected chi connectivity index (χ0v) is 23.6. The van der Waals surface area contributed by atoms with Gasteiger partial charge in [-0.3, -0.25) is 19.3 Å². The molecule has 2 fully saturated rings. The zero-order valence-electron chi connectivity index (χ0n) is 22.7. The fourth-order valence-corrected chi connectivity index (χ4v) is 7.09. The molecule has 12 nitrogen and oxygen atoms in total. The highest BCUT2D eigenvalue weighted by molar-refractivity contribution is 7.44. The van der Waals surface area contributed by atoms with Gasteiger partial charge in [0.15, 0.2) is 6.23 Å². The first-order chi connectivity index (χ1) is 18.1. The van der Waals surface area contributed by atoms with Gasteiger partial charge in [-0.25, -0.2) is 21.0 Å². The number of nitrogens with one attached hydrogen (secondary N) is 1. The molecule has 2 bridgehead atoms. The first-order valence-electron chi connectivity index (χ1n) is 12.9. The van der Waals surface area contributed by atoms with Gasteiger partial charge in [-0.1, -0.05) is 6.92 Å². The van der Waals surface area contributed by atoms with Crippen molar-refractivity contribution in [1.82, 2.24) is 24.2 Å². The van der Waals surface area contributed by atoms with Crippen LogP contribution in [0.1, 0.15) is 52.8 Å². The summed E-state index contributed by atoms with van der Waals surface area (Å²) in [5.41, 5.74) is -1.36. The van der Waals surface area contributed by atoms with Gasteiger partial charge >= 0.3 is 5.69 Å². The lowest BCUT2D eigenvalue weighted by atomic mass is 9.96. The summed E-state index contributed by atoms with van der Waals surface area (Å²) >= 11 is 0. The van der Waals surface area contributed by atoms with E-state index in [0.29, 0.717) is 24.3 Å². The third-order valence-electron chi connectivity index (χ3n) is 6.99. The molecule has 1 N–H and O–H groups in total. The lowest BCUT2D eigenvalue weighted by Crippen LogP contribution is -2.48. The maximum absolute atomic E-state index is 13.0. The molecule has 5 atom stereocenters. The van der Waals surface area contributed by atoms with Crippen LogP contribution < -0.4 is 16.1 Å². The molecule has 1 unspecified atom stereocenters. The van der Waals surface area contributed by atoms with Crippen LogP contribution in [-0.4, -0.2) is 73.7 Å². The van der Waals surface area contributed by atoms with E-state index < -0.39 is 43.7 Å². The summed E-state index contributed by atoms with van der Waals surface area (Å²) in [6.45, 7) is 20.2. The van der Waals surface area contributed by atoms with Crippen LogP contribution in [0.15, 0.2) is 34.4 Å². The molecule has 0 aliphatic carbocycles. The maximum Gasteiger partial charge on any atom is 0.330 e. The molecule has 2 saturated heterocycles. The predicted molar refractivity (Wildman–Crippen MR) is 144 cm³/mol. The van der Waals surface area contributed by atoms with E-state index in [1.807, 2.05) is 6.92 Å². The average molecular weight is 546 g/mol. The summed E-state index contributed by atoms with van der Waals surface area (Å²) in [6, 6.07) is -0.198. The molecule has 2 aliphatic heterocycles. The number of aryl methyl sites for hydroxylation is 1.